The van der Waals surface area contributed by atoms with Crippen molar-refractivity contribution in [1.82, 2.24) is 19.1 Å². The average molecular weight is 1860 g/mol. The third kappa shape index (κ3) is 12.8. The Morgan fingerprint density at radius 3 is 0.957 bits per heavy atom. The Kier molecular flexibility index (Phi) is 19.3. The summed E-state index contributed by atoms with van der Waals surface area (Å²) in [5, 5.41) is 8.30. The third-order valence-corrected chi connectivity index (χ3v) is 27.1. The first-order chi connectivity index (χ1) is 55.3. The van der Waals surface area contributed by atoms with Crippen LogP contribution in [0.4, 0.5) is 45.5 Å². The normalized spacial score (nSPS) is 12.9. The van der Waals surface area contributed by atoms with E-state index in [0.717, 1.165) is 166 Å². The molecule has 18 aromatic rings. The monoisotopic (exact) mass is 1860 g/mol. The first-order valence-corrected chi connectivity index (χ1v) is 40.8. The molecule has 8 nitrogen and oxygen atoms in total. The van der Waals surface area contributed by atoms with Gasteiger partial charge in [-0.2, -0.15) is 106 Å². The van der Waals surface area contributed by atoms with Gasteiger partial charge < -0.3 is 28.7 Å². The largest absolute Gasteiger partial charge is 0.493 e. The number of anilines is 8. The van der Waals surface area contributed by atoms with Crippen molar-refractivity contribution in [2.45, 2.75) is 52.4 Å². The molecule has 0 N–H and O–H groups in total. The number of aromatic nitrogens is 4. The van der Waals surface area contributed by atoms with E-state index in [1.165, 1.54) is 11.1 Å². The van der Waals surface area contributed by atoms with E-state index in [0.29, 0.717) is 0 Å². The minimum Gasteiger partial charge on any atom is -0.493 e. The van der Waals surface area contributed by atoms with E-state index in [4.69, 9.17) is 9.97 Å². The molecule has 0 fully saturated rings. The van der Waals surface area contributed by atoms with Gasteiger partial charge in [0.25, 0.3) is 0 Å². The molecule has 564 valence electrons. The topological polar surface area (TPSA) is 48.6 Å². The second-order valence-corrected chi connectivity index (χ2v) is 35.1. The first-order valence-electron chi connectivity index (χ1n) is 38.8. The van der Waals surface area contributed by atoms with Crippen molar-refractivity contribution in [1.29, 1.82) is 0 Å². The van der Waals surface area contributed by atoms with Gasteiger partial charge in [0.05, 0.1) is 8.07 Å². The number of pyridine rings is 2. The molecule has 0 aliphatic carbocycles. The Labute approximate surface area is 702 Å². The van der Waals surface area contributed by atoms with Crippen LogP contribution >= 0.6 is 0 Å². The van der Waals surface area contributed by atoms with Gasteiger partial charge in [0.1, 0.15) is 11.6 Å². The number of fused-ring (bicyclic) bond motifs is 8. The van der Waals surface area contributed by atoms with Crippen LogP contribution < -0.4 is 40.3 Å². The number of nitrogens with zero attached hydrogens (tertiary/aromatic N) is 8. The van der Waals surface area contributed by atoms with E-state index < -0.39 is 8.07 Å². The first kappa shape index (κ1) is 74.2. The molecule has 0 saturated carbocycles. The van der Waals surface area contributed by atoms with E-state index in [1.54, 1.807) is 0 Å². The fraction of sp³-hybridized carbons (Fsp3) is 0.0769. The van der Waals surface area contributed by atoms with Crippen LogP contribution in [0.2, 0.25) is 0 Å². The maximum atomic E-state index is 5.27. The maximum absolute atomic E-state index is 5.27. The van der Waals surface area contributed by atoms with Gasteiger partial charge in [0.2, 0.25) is 0 Å². The molecular weight excluding hydrogens is 1780 g/mol. The van der Waals surface area contributed by atoms with Gasteiger partial charge in [0.15, 0.2) is 0 Å². The summed E-state index contributed by atoms with van der Waals surface area (Å²) in [6.07, 6.45) is 3.93. The zero-order valence-electron chi connectivity index (χ0n) is 64.4. The molecule has 0 spiro atoms. The van der Waals surface area contributed by atoms with E-state index >= 15 is 0 Å². The molecule has 0 unspecified atom stereocenters. The number of para-hydroxylation sites is 8. The molecule has 2 aliphatic heterocycles. The predicted molar refractivity (Wildman–Crippen MR) is 472 cm³/mol. The SMILES string of the molecule is CC(C)(C)c1ccnc(-n2c3[c-]c([Si](c4[c-]c(N5[CH-]N(c6c(-c7ccccc7)cccc6-c6ccccc6)c6ccccc65)ccc4)(c4[c-]c(N5[CH-]N(c6c(-c7ccccc7)cccc6-c6ccccc6)c6ccccc65)ccc4)c4[c-]c5c(cc4)c4ccccc4n5-c4cc(C(C)(C)C)ccn4)ccc3c3ccccc32)c1.[Pt].[Pt]. The molecule has 0 bridgehead atoms. The van der Waals surface area contributed by atoms with Crippen molar-refractivity contribution in [2.75, 3.05) is 19.6 Å². The van der Waals surface area contributed by atoms with Gasteiger partial charge >= 0.3 is 0 Å². The summed E-state index contributed by atoms with van der Waals surface area (Å²) in [4.78, 5) is 20.0. The van der Waals surface area contributed by atoms with Gasteiger partial charge in [-0.15, -0.1) is 35.5 Å². The molecule has 11 heteroatoms. The average Bonchev–Trinajstić information content (AvgIpc) is 1.67. The van der Waals surface area contributed by atoms with Crippen molar-refractivity contribution >= 4 is 118 Å². The smallest absolute Gasteiger partial charge is 0.135 e. The van der Waals surface area contributed by atoms with E-state index in [1.807, 2.05) is 12.4 Å². The second-order valence-electron chi connectivity index (χ2n) is 31.5. The molecule has 0 amide bonds. The molecule has 14 aromatic carbocycles. The number of hydrogen-bond acceptors (Lipinski definition) is 6. The molecule has 0 saturated heterocycles. The van der Waals surface area contributed by atoms with Crippen molar-refractivity contribution in [3.63, 3.8) is 0 Å². The van der Waals surface area contributed by atoms with Crippen LogP contribution in [0.15, 0.2) is 352 Å². The van der Waals surface area contributed by atoms with Crippen molar-refractivity contribution in [3.8, 4) is 56.1 Å². The Morgan fingerprint density at radius 1 is 0.287 bits per heavy atom. The summed E-state index contributed by atoms with van der Waals surface area (Å²) in [7, 11) is -4.08. The minimum absolute atomic E-state index is 0. The Balaban J connectivity index is 0.00000459. The zero-order valence-corrected chi connectivity index (χ0v) is 69.9. The van der Waals surface area contributed by atoms with Gasteiger partial charge in [-0.3, -0.25) is 0 Å². The maximum Gasteiger partial charge on any atom is 0.135 e. The Bertz CT molecular complexity index is 6190. The molecule has 115 heavy (non-hydrogen) atoms. The third-order valence-electron chi connectivity index (χ3n) is 22.7. The van der Waals surface area contributed by atoms with Crippen molar-refractivity contribution < 1.29 is 42.1 Å². The van der Waals surface area contributed by atoms with Gasteiger partial charge in [-0.1, -0.05) is 271 Å². The second kappa shape index (κ2) is 29.9. The van der Waals surface area contributed by atoms with Crippen LogP contribution in [-0.2, 0) is 53.0 Å². The van der Waals surface area contributed by atoms with Crippen LogP contribution in [-0.4, -0.2) is 27.2 Å². The fourth-order valence-corrected chi connectivity index (χ4v) is 21.5. The number of hydrogen-bond donors (Lipinski definition) is 0. The molecule has 4 aromatic heterocycles. The standard InChI is InChI=1S/C104H78N8Si.2Pt/c1-103(2,3)75-59-61-105-99(63-75)111-91-49-21-19-43-87(91)89-57-55-81(67-97(89)111)113(82-56-58-90-88-44-20-22-50-92(88)112(98(90)68-82)100-64-76(60-62-106-100)104(4,5)6,79-41-27-39-77(65-79)107-69-109(95-53-25-23-51-93(95)107)101-83(71-31-11-7-12-32-71)45-29-46-84(101)72-33-13-8-14-34-72)80-42-28-40-78(66-80)108-70-110(96-54-26-24-52-94(96)108)102-85(73-35-15-9-16-36-73)47-30-48-86(102)74-37-17-10-18-38-74;;/h7-64,69-70H,1-6H3;;/q-6;;. The van der Waals surface area contributed by atoms with Crippen LogP contribution in [0.5, 0.6) is 0 Å². The van der Waals surface area contributed by atoms with Crippen LogP contribution in [0.25, 0.3) is 99.8 Å². The number of benzene rings is 14. The van der Waals surface area contributed by atoms with Crippen LogP contribution in [0.3, 0.4) is 0 Å². The molecule has 0 atom stereocenters. The summed E-state index contributed by atoms with van der Waals surface area (Å²) in [6.45, 7) is 18.2. The Hall–Kier alpha value is -12.2. The summed E-state index contributed by atoms with van der Waals surface area (Å²) in [5.41, 5.74) is 22.9. The fourth-order valence-electron chi connectivity index (χ4n) is 17.2. The zero-order chi connectivity index (χ0) is 76.1. The van der Waals surface area contributed by atoms with Gasteiger partial charge in [-0.25, -0.2) is 9.97 Å². The summed E-state index contributed by atoms with van der Waals surface area (Å²) in [6, 6.07) is 141. The van der Waals surface area contributed by atoms with Gasteiger partial charge in [-0.05, 0) is 116 Å². The molecular formula is C104H78N8Pt2Si-6. The van der Waals surface area contributed by atoms with Crippen molar-refractivity contribution in [2.24, 2.45) is 0 Å². The molecule has 6 heterocycles. The Morgan fingerprint density at radius 2 is 0.600 bits per heavy atom. The van der Waals surface area contributed by atoms with Crippen LogP contribution in [0, 0.1) is 37.6 Å². The van der Waals surface area contributed by atoms with Crippen molar-refractivity contribution in [3.05, 3.63) is 401 Å². The molecule has 2 aliphatic rings. The summed E-state index contributed by atoms with van der Waals surface area (Å²) >= 11 is 0. The van der Waals surface area contributed by atoms with E-state index in [2.05, 4.69) is 448 Å². The molecule has 20 rings (SSSR count). The van der Waals surface area contributed by atoms with E-state index in [-0.39, 0.29) is 53.0 Å². The van der Waals surface area contributed by atoms with E-state index in [9.17, 15) is 0 Å². The predicted octanol–water partition coefficient (Wildman–Crippen LogP) is 23.3. The van der Waals surface area contributed by atoms with Gasteiger partial charge in [0, 0.05) is 122 Å². The number of rotatable bonds is 14. The minimum atomic E-state index is -4.08. The summed E-state index contributed by atoms with van der Waals surface area (Å²) in [5.74, 6) is 1.64. The summed E-state index contributed by atoms with van der Waals surface area (Å²) < 4.78 is 4.68. The van der Waals surface area contributed by atoms with Crippen LogP contribution in [0.1, 0.15) is 52.7 Å². The quantitative estimate of drug-likeness (QED) is 0.0614. The molecule has 0 radical (unpaired) electrons.